The third-order valence-electron chi connectivity index (χ3n) is 2.80. The Morgan fingerprint density at radius 3 is 1.27 bits per heavy atom. The zero-order chi connectivity index (χ0) is 19.0. The van der Waals surface area contributed by atoms with Gasteiger partial charge in [0.25, 0.3) is 0 Å². The Balaban J connectivity index is -0.000000171. The van der Waals surface area contributed by atoms with E-state index >= 15 is 0 Å². The Morgan fingerprint density at radius 1 is 0.846 bits per heavy atom. The van der Waals surface area contributed by atoms with Gasteiger partial charge in [0.15, 0.2) is 0 Å². The van der Waals surface area contributed by atoms with Crippen LogP contribution in [0.2, 0.25) is 0 Å². The second-order valence-electron chi connectivity index (χ2n) is 7.30. The summed E-state index contributed by atoms with van der Waals surface area (Å²) in [6.45, 7) is 14.1. The quantitative estimate of drug-likeness (QED) is 0.339. The molecule has 0 saturated carbocycles. The van der Waals surface area contributed by atoms with E-state index in [-0.39, 0.29) is 77.8 Å². The van der Waals surface area contributed by atoms with Crippen molar-refractivity contribution in [2.45, 2.75) is 51.9 Å². The SMILES string of the molecule is CC(C)(C)P([c-]1cccc1)C(C)(C)C.O=P(O)(O)O.[Fe].[H-].[K+].[cH-]1[cH-][cH-][cH-][cH-]1. The molecule has 0 unspecified atom stereocenters. The van der Waals surface area contributed by atoms with E-state index in [0.29, 0.717) is 10.3 Å². The summed E-state index contributed by atoms with van der Waals surface area (Å²) in [5, 5.41) is 2.32. The van der Waals surface area contributed by atoms with Crippen molar-refractivity contribution < 1.29 is 89.1 Å². The third kappa shape index (κ3) is 17.5. The molecule has 0 amide bonds. The molecule has 0 atom stereocenters. The van der Waals surface area contributed by atoms with Gasteiger partial charge < -0.3 is 46.4 Å². The van der Waals surface area contributed by atoms with E-state index in [1.54, 1.807) is 5.30 Å². The Labute approximate surface area is 214 Å². The molecule has 0 aliphatic carbocycles. The zero-order valence-electron chi connectivity index (χ0n) is 17.7. The number of phosphoric acid groups is 1. The van der Waals surface area contributed by atoms with E-state index in [2.05, 4.69) is 65.8 Å². The Morgan fingerprint density at radius 2 is 1.08 bits per heavy atom. The van der Waals surface area contributed by atoms with Crippen LogP contribution in [0.25, 0.3) is 0 Å². The predicted molar refractivity (Wildman–Crippen MR) is 106 cm³/mol. The summed E-state index contributed by atoms with van der Waals surface area (Å²) in [7, 11) is -4.74. The van der Waals surface area contributed by atoms with Gasteiger partial charge in [-0.05, 0) is 10.3 Å². The van der Waals surface area contributed by atoms with E-state index in [1.807, 2.05) is 30.3 Å². The van der Waals surface area contributed by atoms with Crippen molar-refractivity contribution in [2.24, 2.45) is 0 Å². The van der Waals surface area contributed by atoms with Crippen LogP contribution in [0.4, 0.5) is 0 Å². The third-order valence-corrected chi connectivity index (χ3v) is 6.30. The molecule has 4 nitrogen and oxygen atoms in total. The number of rotatable bonds is 1. The van der Waals surface area contributed by atoms with Crippen molar-refractivity contribution >= 4 is 21.0 Å². The molecule has 3 N–H and O–H groups in total. The summed E-state index contributed by atoms with van der Waals surface area (Å²) in [5.74, 6) is 0. The summed E-state index contributed by atoms with van der Waals surface area (Å²) >= 11 is 0. The van der Waals surface area contributed by atoms with Crippen LogP contribution >= 0.6 is 15.7 Å². The standard InChI is InChI=1S/C13H22P.C5H5.Fe.K.H3O4P.H/c1-12(2,3)14(13(4,5)6)11-9-7-8-10-11;1-2-4-5-3-1;;;1-5(2,3)4;/h7-10H,1-6H3;1-5H;;;(H3,1,2,3,4);/q-1;-5;;+1;;-1. The molecule has 0 spiro atoms. The molecule has 2 aromatic carbocycles. The summed E-state index contributed by atoms with van der Waals surface area (Å²) in [6, 6.07) is 18.9. The molecular weight excluding hydrogens is 437 g/mol. The first-order valence-corrected chi connectivity index (χ1v) is 10.6. The first-order valence-electron chi connectivity index (χ1n) is 7.70. The van der Waals surface area contributed by atoms with Gasteiger partial charge in [0, 0.05) is 17.1 Å². The Kier molecular flexibility index (Phi) is 17.8. The minimum absolute atomic E-state index is 0. The molecule has 152 valence electrons. The molecule has 0 aliphatic heterocycles. The van der Waals surface area contributed by atoms with Gasteiger partial charge in [-0.15, -0.1) is 13.2 Å². The van der Waals surface area contributed by atoms with Crippen molar-refractivity contribution in [3.8, 4) is 0 Å². The molecule has 0 heterocycles. The maximum atomic E-state index is 8.88. The van der Waals surface area contributed by atoms with E-state index in [9.17, 15) is 0 Å². The molecule has 0 bridgehead atoms. The molecule has 0 aromatic heterocycles. The van der Waals surface area contributed by atoms with Gasteiger partial charge in [0.05, 0.1) is 0 Å². The largest absolute Gasteiger partial charge is 1.00 e. The maximum Gasteiger partial charge on any atom is 1.00 e. The fraction of sp³-hybridized carbons (Fsp3) is 0.444. The molecule has 26 heavy (non-hydrogen) atoms. The molecule has 0 saturated heterocycles. The van der Waals surface area contributed by atoms with E-state index < -0.39 is 7.82 Å². The van der Waals surface area contributed by atoms with Crippen LogP contribution in [-0.4, -0.2) is 25.0 Å². The Bertz CT molecular complexity index is 548. The van der Waals surface area contributed by atoms with Crippen LogP contribution in [0.15, 0.2) is 54.6 Å². The van der Waals surface area contributed by atoms with E-state index in [4.69, 9.17) is 19.2 Å². The number of hydrogen-bond acceptors (Lipinski definition) is 1. The van der Waals surface area contributed by atoms with Crippen molar-refractivity contribution in [3.63, 3.8) is 0 Å². The van der Waals surface area contributed by atoms with Crippen LogP contribution in [-0.2, 0) is 21.6 Å². The van der Waals surface area contributed by atoms with Gasteiger partial charge in [0.2, 0.25) is 0 Å². The molecule has 8 heteroatoms. The van der Waals surface area contributed by atoms with Crippen molar-refractivity contribution in [1.29, 1.82) is 0 Å². The van der Waals surface area contributed by atoms with Crippen LogP contribution in [0, 0.1) is 0 Å². The molecule has 0 radical (unpaired) electrons. The van der Waals surface area contributed by atoms with E-state index in [1.165, 1.54) is 0 Å². The molecule has 0 aliphatic rings. The normalized spacial score (nSPS) is 11.2. The summed E-state index contributed by atoms with van der Waals surface area (Å²) in [5.41, 5.74) is 0. The second kappa shape index (κ2) is 14.4. The fourth-order valence-corrected chi connectivity index (χ4v) is 6.65. The maximum absolute atomic E-state index is 8.88. The van der Waals surface area contributed by atoms with Crippen molar-refractivity contribution in [3.05, 3.63) is 54.6 Å². The predicted octanol–water partition coefficient (Wildman–Crippen LogP) is 1.70. The second-order valence-corrected chi connectivity index (χ2v) is 12.2. The first kappa shape index (κ1) is 32.1. The topological polar surface area (TPSA) is 77.8 Å². The average Bonchev–Trinajstić information content (AvgIpc) is 2.97. The van der Waals surface area contributed by atoms with Gasteiger partial charge in [-0.3, -0.25) is 0 Å². The van der Waals surface area contributed by atoms with E-state index in [0.717, 1.165) is 0 Å². The van der Waals surface area contributed by atoms with Gasteiger partial charge in [0.1, 0.15) is 0 Å². The minimum atomic E-state index is -4.64. The first-order chi connectivity index (χ1) is 10.7. The Hall–Kier alpha value is 1.40. The fourth-order valence-electron chi connectivity index (χ4n) is 2.61. The van der Waals surface area contributed by atoms with Crippen molar-refractivity contribution in [2.75, 3.05) is 0 Å². The van der Waals surface area contributed by atoms with Gasteiger partial charge in [-0.2, -0.15) is 12.1 Å². The molecule has 0 fully saturated rings. The van der Waals surface area contributed by atoms with Gasteiger partial charge in [-0.25, -0.2) is 16.7 Å². The minimum Gasteiger partial charge on any atom is -1.00 e. The van der Waals surface area contributed by atoms with Crippen molar-refractivity contribution in [1.82, 2.24) is 0 Å². The van der Waals surface area contributed by atoms with Crippen LogP contribution < -0.4 is 56.7 Å². The smallest absolute Gasteiger partial charge is 1.00 e. The van der Waals surface area contributed by atoms with Crippen LogP contribution in [0.5, 0.6) is 0 Å². The zero-order valence-corrected chi connectivity index (χ0v) is 22.7. The summed E-state index contributed by atoms with van der Waals surface area (Å²) in [4.78, 5) is 21.6. The van der Waals surface area contributed by atoms with Gasteiger partial charge >= 0.3 is 59.2 Å². The molecule has 2 rings (SSSR count). The van der Waals surface area contributed by atoms with Crippen LogP contribution in [0.1, 0.15) is 43.0 Å². The number of hydrogen-bond donors (Lipinski definition) is 3. The van der Waals surface area contributed by atoms with Crippen LogP contribution in [0.3, 0.4) is 0 Å². The molecule has 2 aromatic rings. The summed E-state index contributed by atoms with van der Waals surface area (Å²) < 4.78 is 8.88. The van der Waals surface area contributed by atoms with Gasteiger partial charge in [-0.1, -0.05) is 41.5 Å². The monoisotopic (exact) mass is 468 g/mol. The molecular formula is C18H31FeKO4P2-6. The average molecular weight is 468 g/mol. The summed E-state index contributed by atoms with van der Waals surface area (Å²) in [6.07, 6.45) is 0.